The maximum Gasteiger partial charge on any atom is 0.0782 e. The van der Waals surface area contributed by atoms with Crippen molar-refractivity contribution in [1.29, 1.82) is 0 Å². The van der Waals surface area contributed by atoms with Crippen LogP contribution >= 0.6 is 0 Å². The molecule has 0 aliphatic carbocycles. The zero-order chi connectivity index (χ0) is 22.9. The maximum absolute atomic E-state index is 8.77. The van der Waals surface area contributed by atoms with E-state index < -0.39 is 0 Å². The molecule has 0 spiro atoms. The summed E-state index contributed by atoms with van der Waals surface area (Å²) in [5.41, 5.74) is 0. The molecule has 2 nitrogen and oxygen atoms in total. The Bertz CT molecular complexity index is 329. The highest BCUT2D eigenvalue weighted by Crippen LogP contribution is 2.14. The lowest BCUT2D eigenvalue weighted by molar-refractivity contribution is -0.890. The smallest absolute Gasteiger partial charge is 0.0782 e. The Kier molecular flexibility index (Phi) is 24.5. The van der Waals surface area contributed by atoms with E-state index in [1.807, 2.05) is 0 Å². The Morgan fingerprint density at radius 1 is 0.387 bits per heavy atom. The fraction of sp³-hybridized carbons (Fsp3) is 1.00. The minimum absolute atomic E-state index is 0.371. The van der Waals surface area contributed by atoms with E-state index in [2.05, 4.69) is 21.0 Å². The quantitative estimate of drug-likeness (QED) is 0.105. The molecular formula is C29H62NO+. The molecule has 0 aromatic rings. The highest BCUT2D eigenvalue weighted by Gasteiger charge is 2.13. The molecule has 0 aliphatic rings. The van der Waals surface area contributed by atoms with E-state index in [1.165, 1.54) is 159 Å². The molecule has 0 unspecified atom stereocenters. The number of unbranched alkanes of at least 4 members (excludes halogenated alkanes) is 21. The summed E-state index contributed by atoms with van der Waals surface area (Å²) in [5, 5.41) is 8.77. The summed E-state index contributed by atoms with van der Waals surface area (Å²) in [5.74, 6) is 0. The molecule has 0 aromatic carbocycles. The Balaban J connectivity index is 3.28. The number of hydrogen-bond acceptors (Lipinski definition) is 1. The van der Waals surface area contributed by atoms with Crippen LogP contribution < -0.4 is 0 Å². The molecule has 31 heavy (non-hydrogen) atoms. The number of nitrogens with zero attached hydrogens (tertiary/aromatic N) is 1. The third-order valence-electron chi connectivity index (χ3n) is 7.04. The summed E-state index contributed by atoms with van der Waals surface area (Å²) in [7, 11) is 4.88. The SMILES string of the molecule is CCCCCCCCCCCC[N+](C)(C)CCCCCCCCCCCCCCCO. The second-order valence-electron chi connectivity index (χ2n) is 10.9. The number of hydrogen-bond donors (Lipinski definition) is 1. The van der Waals surface area contributed by atoms with Gasteiger partial charge in [0.05, 0.1) is 27.2 Å². The van der Waals surface area contributed by atoms with Gasteiger partial charge in [-0.15, -0.1) is 0 Å². The van der Waals surface area contributed by atoms with Gasteiger partial charge in [0, 0.05) is 6.61 Å². The van der Waals surface area contributed by atoms with Crippen molar-refractivity contribution in [3.05, 3.63) is 0 Å². The number of quaternary nitrogens is 1. The van der Waals surface area contributed by atoms with E-state index in [4.69, 9.17) is 5.11 Å². The van der Waals surface area contributed by atoms with Crippen molar-refractivity contribution in [2.45, 2.75) is 155 Å². The second-order valence-corrected chi connectivity index (χ2v) is 10.9. The highest BCUT2D eigenvalue weighted by atomic mass is 16.2. The predicted molar refractivity (Wildman–Crippen MR) is 141 cm³/mol. The summed E-state index contributed by atoms with van der Waals surface area (Å²) < 4.78 is 1.23. The van der Waals surface area contributed by atoms with Gasteiger partial charge in [0.15, 0.2) is 0 Å². The molecule has 0 amide bonds. The lowest BCUT2D eigenvalue weighted by atomic mass is 10.0. The molecule has 0 heterocycles. The van der Waals surface area contributed by atoms with Crippen molar-refractivity contribution in [2.24, 2.45) is 0 Å². The zero-order valence-electron chi connectivity index (χ0n) is 22.3. The third-order valence-corrected chi connectivity index (χ3v) is 7.04. The van der Waals surface area contributed by atoms with Crippen LogP contribution in [-0.2, 0) is 0 Å². The first kappa shape index (κ1) is 30.9. The van der Waals surface area contributed by atoms with E-state index in [-0.39, 0.29) is 0 Å². The van der Waals surface area contributed by atoms with Gasteiger partial charge in [-0.05, 0) is 32.1 Å². The minimum Gasteiger partial charge on any atom is -0.396 e. The molecule has 0 fully saturated rings. The number of rotatable bonds is 26. The Morgan fingerprint density at radius 2 is 0.645 bits per heavy atom. The van der Waals surface area contributed by atoms with Crippen LogP contribution in [0.5, 0.6) is 0 Å². The minimum atomic E-state index is 0.371. The van der Waals surface area contributed by atoms with Gasteiger partial charge in [0.25, 0.3) is 0 Å². The molecule has 0 saturated carbocycles. The average molecular weight is 441 g/mol. The van der Waals surface area contributed by atoms with Gasteiger partial charge in [-0.1, -0.05) is 122 Å². The fourth-order valence-electron chi connectivity index (χ4n) is 4.74. The summed E-state index contributed by atoms with van der Waals surface area (Å²) in [6.45, 7) is 5.41. The Labute approximate surface area is 198 Å². The number of aliphatic hydroxyl groups excluding tert-OH is 1. The first-order chi connectivity index (χ1) is 15.1. The van der Waals surface area contributed by atoms with Crippen LogP contribution in [0.3, 0.4) is 0 Å². The van der Waals surface area contributed by atoms with Crippen molar-refractivity contribution in [1.82, 2.24) is 0 Å². The fourth-order valence-corrected chi connectivity index (χ4v) is 4.74. The van der Waals surface area contributed by atoms with Gasteiger partial charge >= 0.3 is 0 Å². The molecule has 0 radical (unpaired) electrons. The normalized spacial score (nSPS) is 12.0. The molecule has 0 aliphatic heterocycles. The molecular weight excluding hydrogens is 378 g/mol. The first-order valence-corrected chi connectivity index (χ1v) is 14.6. The Hall–Kier alpha value is -0.0800. The van der Waals surface area contributed by atoms with Crippen molar-refractivity contribution in [2.75, 3.05) is 33.8 Å². The van der Waals surface area contributed by atoms with E-state index >= 15 is 0 Å². The highest BCUT2D eigenvalue weighted by molar-refractivity contribution is 4.51. The summed E-state index contributed by atoms with van der Waals surface area (Å²) >= 11 is 0. The molecule has 0 bridgehead atoms. The van der Waals surface area contributed by atoms with Crippen molar-refractivity contribution < 1.29 is 9.59 Å². The van der Waals surface area contributed by atoms with Gasteiger partial charge in [0.1, 0.15) is 0 Å². The van der Waals surface area contributed by atoms with Crippen LogP contribution in [0.2, 0.25) is 0 Å². The van der Waals surface area contributed by atoms with Crippen LogP contribution in [0, 0.1) is 0 Å². The molecule has 0 saturated heterocycles. The van der Waals surface area contributed by atoms with E-state index in [0.29, 0.717) is 6.61 Å². The summed E-state index contributed by atoms with van der Waals surface area (Å²) in [6, 6.07) is 0. The van der Waals surface area contributed by atoms with Crippen LogP contribution in [0.15, 0.2) is 0 Å². The Morgan fingerprint density at radius 3 is 0.935 bits per heavy atom. The lowest BCUT2D eigenvalue weighted by Gasteiger charge is -2.30. The van der Waals surface area contributed by atoms with Crippen molar-refractivity contribution in [3.63, 3.8) is 0 Å². The van der Waals surface area contributed by atoms with Gasteiger partial charge < -0.3 is 9.59 Å². The van der Waals surface area contributed by atoms with Crippen LogP contribution in [0.4, 0.5) is 0 Å². The van der Waals surface area contributed by atoms with Gasteiger partial charge in [-0.25, -0.2) is 0 Å². The monoisotopic (exact) mass is 440 g/mol. The topological polar surface area (TPSA) is 20.2 Å². The average Bonchev–Trinajstić information content (AvgIpc) is 2.75. The maximum atomic E-state index is 8.77. The van der Waals surface area contributed by atoms with E-state index in [0.717, 1.165) is 6.42 Å². The van der Waals surface area contributed by atoms with Crippen LogP contribution in [0.25, 0.3) is 0 Å². The largest absolute Gasteiger partial charge is 0.396 e. The van der Waals surface area contributed by atoms with Crippen molar-refractivity contribution in [3.8, 4) is 0 Å². The lowest BCUT2D eigenvalue weighted by Crippen LogP contribution is -2.41. The second kappa shape index (κ2) is 24.6. The third kappa shape index (κ3) is 26.1. The van der Waals surface area contributed by atoms with E-state index in [9.17, 15) is 0 Å². The summed E-state index contributed by atoms with van der Waals surface area (Å²) in [4.78, 5) is 0. The number of aliphatic hydroxyl groups is 1. The molecule has 0 atom stereocenters. The molecule has 188 valence electrons. The molecule has 0 aromatic heterocycles. The van der Waals surface area contributed by atoms with Gasteiger partial charge in [-0.3, -0.25) is 0 Å². The summed E-state index contributed by atoms with van der Waals surface area (Å²) in [6.07, 6.45) is 32.2. The molecule has 2 heteroatoms. The standard InChI is InChI=1S/C29H62NO/c1-4-5-6-7-8-9-15-18-21-24-27-30(2,3)28-25-22-19-16-13-11-10-12-14-17-20-23-26-29-31/h31H,4-29H2,1-3H3/q+1. The first-order valence-electron chi connectivity index (χ1n) is 14.6. The zero-order valence-corrected chi connectivity index (χ0v) is 22.3. The predicted octanol–water partition coefficient (Wildman–Crippen LogP) is 9.05. The van der Waals surface area contributed by atoms with Gasteiger partial charge in [-0.2, -0.15) is 0 Å². The van der Waals surface area contributed by atoms with Crippen molar-refractivity contribution >= 4 is 0 Å². The van der Waals surface area contributed by atoms with Crippen LogP contribution in [0.1, 0.15) is 155 Å². The van der Waals surface area contributed by atoms with E-state index in [1.54, 1.807) is 0 Å². The van der Waals surface area contributed by atoms with Gasteiger partial charge in [0.2, 0.25) is 0 Å². The molecule has 1 N–H and O–H groups in total. The molecule has 0 rings (SSSR count). The van der Waals surface area contributed by atoms with Crippen LogP contribution in [-0.4, -0.2) is 43.4 Å².